The normalized spacial score (nSPS) is 10.2. The van der Waals surface area contributed by atoms with Gasteiger partial charge in [-0.2, -0.15) is 0 Å². The van der Waals surface area contributed by atoms with Gasteiger partial charge in [-0.3, -0.25) is 0 Å². The van der Waals surface area contributed by atoms with Crippen LogP contribution >= 0.6 is 11.8 Å². The largest absolute Gasteiger partial charge is 0.489 e. The van der Waals surface area contributed by atoms with E-state index in [2.05, 4.69) is 0 Å². The zero-order valence-electron chi connectivity index (χ0n) is 9.52. The van der Waals surface area contributed by atoms with Crippen molar-refractivity contribution in [1.82, 2.24) is 0 Å². The molecular weight excluding hydrogens is 235 g/mol. The van der Waals surface area contributed by atoms with Crippen LogP contribution in [0.4, 0.5) is 4.39 Å². The zero-order valence-corrected chi connectivity index (χ0v) is 10.3. The first-order chi connectivity index (χ1) is 8.28. The number of halogens is 1. The predicted molar refractivity (Wildman–Crippen MR) is 69.0 cm³/mol. The van der Waals surface area contributed by atoms with Gasteiger partial charge in [0.25, 0.3) is 0 Å². The Morgan fingerprint density at radius 1 is 1.12 bits per heavy atom. The molecule has 2 rings (SSSR count). The molecule has 0 aliphatic rings. The minimum atomic E-state index is -0.233. The highest BCUT2D eigenvalue weighted by atomic mass is 32.2. The molecule has 2 aromatic rings. The molecular formula is C14H13FOS. The van der Waals surface area contributed by atoms with Crippen LogP contribution in [-0.2, 0) is 6.61 Å². The van der Waals surface area contributed by atoms with Crippen LogP contribution < -0.4 is 4.74 Å². The quantitative estimate of drug-likeness (QED) is 0.752. The van der Waals surface area contributed by atoms with Crippen molar-refractivity contribution in [3.05, 3.63) is 59.9 Å². The summed E-state index contributed by atoms with van der Waals surface area (Å²) in [6.45, 7) is 0.385. The second-order valence-corrected chi connectivity index (χ2v) is 4.47. The fourth-order valence-electron chi connectivity index (χ4n) is 1.47. The molecule has 0 N–H and O–H groups in total. The van der Waals surface area contributed by atoms with E-state index >= 15 is 0 Å². The van der Waals surface area contributed by atoms with Crippen LogP contribution in [0, 0.1) is 5.82 Å². The first-order valence-electron chi connectivity index (χ1n) is 5.29. The summed E-state index contributed by atoms with van der Waals surface area (Å²) in [5.41, 5.74) is 0.832. The van der Waals surface area contributed by atoms with Crippen LogP contribution in [0.1, 0.15) is 5.56 Å². The number of thioether (sulfide) groups is 1. The number of hydrogen-bond acceptors (Lipinski definition) is 2. The highest BCUT2D eigenvalue weighted by Gasteiger charge is 1.98. The summed E-state index contributed by atoms with van der Waals surface area (Å²) < 4.78 is 18.5. The highest BCUT2D eigenvalue weighted by molar-refractivity contribution is 7.98. The fraction of sp³-hybridized carbons (Fsp3) is 0.143. The van der Waals surface area contributed by atoms with Crippen LogP contribution in [0.15, 0.2) is 53.4 Å². The second-order valence-electron chi connectivity index (χ2n) is 3.59. The minimum absolute atomic E-state index is 0.233. The lowest BCUT2D eigenvalue weighted by atomic mass is 10.2. The Morgan fingerprint density at radius 2 is 1.88 bits per heavy atom. The third-order valence-corrected chi connectivity index (χ3v) is 3.10. The number of ether oxygens (including phenoxy) is 1. The summed E-state index contributed by atoms with van der Waals surface area (Å²) in [6.07, 6.45) is 2.03. The van der Waals surface area contributed by atoms with Crippen LogP contribution in [0.25, 0.3) is 0 Å². The molecule has 0 heterocycles. The van der Waals surface area contributed by atoms with Crippen molar-refractivity contribution in [2.24, 2.45) is 0 Å². The summed E-state index contributed by atoms with van der Waals surface area (Å²) in [5.74, 6) is 0.566. The number of benzene rings is 2. The van der Waals surface area contributed by atoms with Gasteiger partial charge < -0.3 is 4.74 Å². The Labute approximate surface area is 105 Å². The molecule has 0 spiro atoms. The van der Waals surface area contributed by atoms with Crippen LogP contribution in [-0.4, -0.2) is 6.26 Å². The molecule has 2 aromatic carbocycles. The smallest absolute Gasteiger partial charge is 0.123 e. The zero-order chi connectivity index (χ0) is 12.1. The summed E-state index contributed by atoms with van der Waals surface area (Å²) >= 11 is 1.69. The van der Waals surface area contributed by atoms with Gasteiger partial charge in [0.15, 0.2) is 0 Å². The van der Waals surface area contributed by atoms with Gasteiger partial charge in [-0.05, 0) is 48.2 Å². The van der Waals surface area contributed by atoms with E-state index in [0.717, 1.165) is 11.3 Å². The van der Waals surface area contributed by atoms with Gasteiger partial charge in [-0.1, -0.05) is 12.1 Å². The molecule has 0 bridgehead atoms. The maximum Gasteiger partial charge on any atom is 0.123 e. The van der Waals surface area contributed by atoms with Gasteiger partial charge in [0.1, 0.15) is 18.2 Å². The Hall–Kier alpha value is -1.48. The molecule has 0 aliphatic heterocycles. The van der Waals surface area contributed by atoms with Crippen molar-refractivity contribution in [2.45, 2.75) is 11.5 Å². The average molecular weight is 248 g/mol. The van der Waals surface area contributed by atoms with E-state index in [4.69, 9.17) is 4.74 Å². The van der Waals surface area contributed by atoms with Crippen molar-refractivity contribution in [1.29, 1.82) is 0 Å². The molecule has 0 unspecified atom stereocenters. The Bertz CT molecular complexity index is 482. The molecule has 0 radical (unpaired) electrons. The Balaban J connectivity index is 1.97. The first kappa shape index (κ1) is 12.0. The molecule has 3 heteroatoms. The van der Waals surface area contributed by atoms with Crippen molar-refractivity contribution in [3.8, 4) is 5.75 Å². The van der Waals surface area contributed by atoms with E-state index in [0.29, 0.717) is 6.61 Å². The van der Waals surface area contributed by atoms with Gasteiger partial charge in [0.2, 0.25) is 0 Å². The van der Waals surface area contributed by atoms with Crippen molar-refractivity contribution in [2.75, 3.05) is 6.26 Å². The van der Waals surface area contributed by atoms with Gasteiger partial charge in [-0.15, -0.1) is 11.8 Å². The monoisotopic (exact) mass is 248 g/mol. The van der Waals surface area contributed by atoms with E-state index in [-0.39, 0.29) is 5.82 Å². The molecule has 0 aliphatic carbocycles. The lowest BCUT2D eigenvalue weighted by Crippen LogP contribution is -1.95. The topological polar surface area (TPSA) is 9.23 Å². The predicted octanol–water partition coefficient (Wildman–Crippen LogP) is 4.13. The molecule has 0 atom stereocenters. The SMILES string of the molecule is CSc1ccc(OCc2cccc(F)c2)cc1. The standard InChI is InChI=1S/C14H13FOS/c1-17-14-7-5-13(6-8-14)16-10-11-3-2-4-12(15)9-11/h2-9H,10H2,1H3. The van der Waals surface area contributed by atoms with Crippen LogP contribution in [0.3, 0.4) is 0 Å². The van der Waals surface area contributed by atoms with Crippen LogP contribution in [0.2, 0.25) is 0 Å². The third-order valence-electron chi connectivity index (χ3n) is 2.35. The lowest BCUT2D eigenvalue weighted by molar-refractivity contribution is 0.305. The lowest BCUT2D eigenvalue weighted by Gasteiger charge is -2.06. The van der Waals surface area contributed by atoms with Gasteiger partial charge in [-0.25, -0.2) is 4.39 Å². The molecule has 0 fully saturated rings. The molecule has 17 heavy (non-hydrogen) atoms. The average Bonchev–Trinajstić information content (AvgIpc) is 2.37. The summed E-state index contributed by atoms with van der Waals surface area (Å²) in [5, 5.41) is 0. The molecule has 0 saturated carbocycles. The van der Waals surface area contributed by atoms with Gasteiger partial charge in [0, 0.05) is 4.90 Å². The fourth-order valence-corrected chi connectivity index (χ4v) is 1.87. The number of hydrogen-bond donors (Lipinski definition) is 0. The second kappa shape index (κ2) is 5.73. The van der Waals surface area contributed by atoms with Gasteiger partial charge >= 0.3 is 0 Å². The van der Waals surface area contributed by atoms with Gasteiger partial charge in [0.05, 0.1) is 0 Å². The molecule has 0 aromatic heterocycles. The van der Waals surface area contributed by atoms with E-state index in [1.54, 1.807) is 17.8 Å². The van der Waals surface area contributed by atoms with Crippen molar-refractivity contribution >= 4 is 11.8 Å². The van der Waals surface area contributed by atoms with Crippen molar-refractivity contribution in [3.63, 3.8) is 0 Å². The molecule has 88 valence electrons. The maximum atomic E-state index is 12.9. The summed E-state index contributed by atoms with van der Waals surface area (Å²) in [6, 6.07) is 14.3. The summed E-state index contributed by atoms with van der Waals surface area (Å²) in [7, 11) is 0. The Kier molecular flexibility index (Phi) is 4.04. The highest BCUT2D eigenvalue weighted by Crippen LogP contribution is 2.19. The van der Waals surface area contributed by atoms with Crippen molar-refractivity contribution < 1.29 is 9.13 Å². The maximum absolute atomic E-state index is 12.9. The first-order valence-corrected chi connectivity index (χ1v) is 6.52. The Morgan fingerprint density at radius 3 is 2.53 bits per heavy atom. The minimum Gasteiger partial charge on any atom is -0.489 e. The third kappa shape index (κ3) is 3.49. The molecule has 1 nitrogen and oxygen atoms in total. The molecule has 0 saturated heterocycles. The van der Waals surface area contributed by atoms with E-state index in [1.165, 1.54) is 17.0 Å². The van der Waals surface area contributed by atoms with Crippen LogP contribution in [0.5, 0.6) is 5.75 Å². The van der Waals surface area contributed by atoms with E-state index in [1.807, 2.05) is 36.6 Å². The number of rotatable bonds is 4. The van der Waals surface area contributed by atoms with E-state index in [9.17, 15) is 4.39 Å². The molecule has 0 amide bonds. The summed E-state index contributed by atoms with van der Waals surface area (Å²) in [4.78, 5) is 1.20. The van der Waals surface area contributed by atoms with E-state index < -0.39 is 0 Å².